The van der Waals surface area contributed by atoms with Gasteiger partial charge in [0, 0.05) is 17.8 Å². The van der Waals surface area contributed by atoms with E-state index in [0.717, 1.165) is 44.8 Å². The molecule has 1 aromatic carbocycles. The van der Waals surface area contributed by atoms with Crippen LogP contribution in [-0.4, -0.2) is 35.1 Å². The van der Waals surface area contributed by atoms with E-state index in [2.05, 4.69) is 35.1 Å². The van der Waals surface area contributed by atoms with E-state index >= 15 is 0 Å². The van der Waals surface area contributed by atoms with Gasteiger partial charge in [-0.2, -0.15) is 5.10 Å². The lowest BCUT2D eigenvalue weighted by molar-refractivity contribution is 1.10. The Bertz CT molecular complexity index is 1120. The fraction of sp³-hybridized carbons (Fsp3) is 0. The molecule has 0 radical (unpaired) electrons. The first-order chi connectivity index (χ1) is 11.9. The van der Waals surface area contributed by atoms with Crippen LogP contribution in [0.25, 0.3) is 44.8 Å². The number of pyridine rings is 1. The van der Waals surface area contributed by atoms with Crippen LogP contribution in [0.15, 0.2) is 55.1 Å². The molecule has 0 spiro atoms. The molecule has 7 nitrogen and oxygen atoms in total. The molecule has 2 N–H and O–H groups in total. The van der Waals surface area contributed by atoms with E-state index in [0.29, 0.717) is 0 Å². The van der Waals surface area contributed by atoms with Crippen LogP contribution in [0.1, 0.15) is 0 Å². The summed E-state index contributed by atoms with van der Waals surface area (Å²) in [5.41, 5.74) is 4.95. The quantitative estimate of drug-likeness (QED) is 0.522. The fourth-order valence-electron chi connectivity index (χ4n) is 2.73. The van der Waals surface area contributed by atoms with Crippen molar-refractivity contribution in [2.24, 2.45) is 0 Å². The van der Waals surface area contributed by atoms with Crippen molar-refractivity contribution < 1.29 is 0 Å². The summed E-state index contributed by atoms with van der Waals surface area (Å²) in [6.07, 6.45) is 6.73. The number of hydrogen-bond donors (Lipinski definition) is 2. The van der Waals surface area contributed by atoms with E-state index in [1.165, 1.54) is 0 Å². The van der Waals surface area contributed by atoms with E-state index in [9.17, 15) is 0 Å². The molecule has 0 unspecified atom stereocenters. The molecule has 114 valence electrons. The van der Waals surface area contributed by atoms with Crippen molar-refractivity contribution in [2.75, 3.05) is 0 Å². The van der Waals surface area contributed by atoms with E-state index in [1.54, 1.807) is 24.8 Å². The Morgan fingerprint density at radius 2 is 1.83 bits per heavy atom. The zero-order chi connectivity index (χ0) is 15.9. The minimum atomic E-state index is 0.719. The summed E-state index contributed by atoms with van der Waals surface area (Å²) in [5.74, 6) is 0.721. The van der Waals surface area contributed by atoms with Crippen molar-refractivity contribution >= 4 is 21.9 Å². The van der Waals surface area contributed by atoms with Gasteiger partial charge in [-0.1, -0.05) is 12.1 Å². The van der Waals surface area contributed by atoms with Gasteiger partial charge in [0.2, 0.25) is 0 Å². The zero-order valence-electron chi connectivity index (χ0n) is 12.4. The number of para-hydroxylation sites is 2. The van der Waals surface area contributed by atoms with Crippen molar-refractivity contribution in [2.45, 2.75) is 0 Å². The summed E-state index contributed by atoms with van der Waals surface area (Å²) in [4.78, 5) is 20.7. The summed E-state index contributed by atoms with van der Waals surface area (Å²) < 4.78 is 0. The highest BCUT2D eigenvalue weighted by atomic mass is 15.1. The van der Waals surface area contributed by atoms with Crippen LogP contribution >= 0.6 is 0 Å². The van der Waals surface area contributed by atoms with Crippen LogP contribution in [0.5, 0.6) is 0 Å². The van der Waals surface area contributed by atoms with E-state index in [-0.39, 0.29) is 0 Å². The van der Waals surface area contributed by atoms with Gasteiger partial charge >= 0.3 is 0 Å². The van der Waals surface area contributed by atoms with E-state index in [1.807, 2.05) is 30.3 Å². The maximum absolute atomic E-state index is 4.62. The third kappa shape index (κ3) is 1.95. The smallest absolute Gasteiger partial charge is 0.159 e. The highest BCUT2D eigenvalue weighted by Gasteiger charge is 2.14. The Kier molecular flexibility index (Phi) is 2.66. The Balaban J connectivity index is 1.71. The second-order valence-corrected chi connectivity index (χ2v) is 5.38. The molecule has 0 fully saturated rings. The van der Waals surface area contributed by atoms with Gasteiger partial charge in [-0.05, 0) is 18.2 Å². The lowest BCUT2D eigenvalue weighted by Gasteiger charge is -1.99. The fourth-order valence-corrected chi connectivity index (χ4v) is 2.73. The van der Waals surface area contributed by atoms with Gasteiger partial charge in [0.25, 0.3) is 0 Å². The maximum atomic E-state index is 4.62. The standard InChI is InChI=1S/C17H11N7/c1-2-4-12-11(3-1)21-17(22-12)16-10-7-13(15-8-18-5-6-19-15)20-9-14(10)23-24-16/h1-9H,(H,21,22)(H,23,24). The van der Waals surface area contributed by atoms with Crippen molar-refractivity contribution in [1.82, 2.24) is 35.1 Å². The van der Waals surface area contributed by atoms with Gasteiger partial charge in [-0.25, -0.2) is 4.98 Å². The summed E-state index contributed by atoms with van der Waals surface area (Å²) in [7, 11) is 0. The number of nitrogens with zero attached hydrogens (tertiary/aromatic N) is 5. The van der Waals surface area contributed by atoms with Crippen molar-refractivity contribution in [3.05, 3.63) is 55.1 Å². The zero-order valence-corrected chi connectivity index (χ0v) is 12.4. The lowest BCUT2D eigenvalue weighted by Crippen LogP contribution is -1.88. The molecule has 0 amide bonds. The van der Waals surface area contributed by atoms with Crippen molar-refractivity contribution in [1.29, 1.82) is 0 Å². The van der Waals surface area contributed by atoms with Gasteiger partial charge in [-0.15, -0.1) is 0 Å². The first kappa shape index (κ1) is 12.9. The van der Waals surface area contributed by atoms with Crippen LogP contribution in [-0.2, 0) is 0 Å². The number of hydrogen-bond acceptors (Lipinski definition) is 5. The monoisotopic (exact) mass is 313 g/mol. The van der Waals surface area contributed by atoms with Crippen molar-refractivity contribution in [3.63, 3.8) is 0 Å². The molecule has 5 rings (SSSR count). The number of fused-ring (bicyclic) bond motifs is 2. The van der Waals surface area contributed by atoms with Crippen LogP contribution in [0, 0.1) is 0 Å². The van der Waals surface area contributed by atoms with Gasteiger partial charge in [-0.3, -0.25) is 20.1 Å². The molecule has 5 aromatic rings. The van der Waals surface area contributed by atoms with E-state index in [4.69, 9.17) is 0 Å². The second kappa shape index (κ2) is 4.95. The van der Waals surface area contributed by atoms with Crippen LogP contribution in [0.2, 0.25) is 0 Å². The Morgan fingerprint density at radius 3 is 2.71 bits per heavy atom. The molecule has 0 atom stereocenters. The molecule has 7 heteroatoms. The van der Waals surface area contributed by atoms with Crippen LogP contribution in [0.3, 0.4) is 0 Å². The summed E-state index contributed by atoms with van der Waals surface area (Å²) in [5, 5.41) is 8.34. The molecule has 4 heterocycles. The van der Waals surface area contributed by atoms with Gasteiger partial charge in [0.15, 0.2) is 5.82 Å². The topological polar surface area (TPSA) is 96.0 Å². The predicted molar refractivity (Wildman–Crippen MR) is 90.0 cm³/mol. The number of benzene rings is 1. The number of aromatic amines is 2. The normalized spacial score (nSPS) is 11.3. The Morgan fingerprint density at radius 1 is 0.875 bits per heavy atom. The molecular formula is C17H11N7. The highest BCUT2D eigenvalue weighted by Crippen LogP contribution is 2.28. The number of nitrogens with one attached hydrogen (secondary N) is 2. The molecule has 0 aliphatic heterocycles. The SMILES string of the molecule is c1ccc2[nH]c(-c3n[nH]c4cnc(-c5cnccn5)cc34)nc2c1. The third-order valence-corrected chi connectivity index (χ3v) is 3.89. The largest absolute Gasteiger partial charge is 0.337 e. The molecule has 0 saturated heterocycles. The van der Waals surface area contributed by atoms with E-state index < -0.39 is 0 Å². The van der Waals surface area contributed by atoms with Gasteiger partial charge in [0.05, 0.1) is 34.6 Å². The second-order valence-electron chi connectivity index (χ2n) is 5.38. The first-order valence-electron chi connectivity index (χ1n) is 7.44. The molecule has 0 aliphatic rings. The minimum Gasteiger partial charge on any atom is -0.337 e. The van der Waals surface area contributed by atoms with Crippen molar-refractivity contribution in [3.8, 4) is 22.9 Å². The number of aromatic nitrogens is 7. The number of rotatable bonds is 2. The molecule has 4 aromatic heterocycles. The summed E-state index contributed by atoms with van der Waals surface area (Å²) in [6.45, 7) is 0. The number of H-pyrrole nitrogens is 2. The average molecular weight is 313 g/mol. The number of imidazole rings is 1. The molecule has 0 bridgehead atoms. The Hall–Kier alpha value is -3.61. The van der Waals surface area contributed by atoms with Crippen LogP contribution < -0.4 is 0 Å². The van der Waals surface area contributed by atoms with Crippen LogP contribution in [0.4, 0.5) is 0 Å². The average Bonchev–Trinajstić information content (AvgIpc) is 3.25. The Labute approximate surface area is 135 Å². The molecular weight excluding hydrogens is 302 g/mol. The first-order valence-corrected chi connectivity index (χ1v) is 7.44. The minimum absolute atomic E-state index is 0.719. The summed E-state index contributed by atoms with van der Waals surface area (Å²) >= 11 is 0. The lowest BCUT2D eigenvalue weighted by atomic mass is 10.2. The van der Waals surface area contributed by atoms with Gasteiger partial charge < -0.3 is 4.98 Å². The maximum Gasteiger partial charge on any atom is 0.159 e. The molecule has 0 aliphatic carbocycles. The highest BCUT2D eigenvalue weighted by molar-refractivity contribution is 5.94. The molecule has 0 saturated carbocycles. The summed E-state index contributed by atoms with van der Waals surface area (Å²) in [6, 6.07) is 9.85. The van der Waals surface area contributed by atoms with Gasteiger partial charge in [0.1, 0.15) is 11.4 Å². The molecule has 24 heavy (non-hydrogen) atoms. The third-order valence-electron chi connectivity index (χ3n) is 3.89. The predicted octanol–water partition coefficient (Wildman–Crippen LogP) is 2.96.